The first-order valence-corrected chi connectivity index (χ1v) is 9.08. The van der Waals surface area contributed by atoms with Crippen molar-refractivity contribution in [1.29, 1.82) is 0 Å². The maximum Gasteiger partial charge on any atom is 0.228 e. The number of rotatable bonds is 7. The van der Waals surface area contributed by atoms with E-state index in [1.165, 1.54) is 5.69 Å². The van der Waals surface area contributed by atoms with E-state index in [9.17, 15) is 4.79 Å². The van der Waals surface area contributed by atoms with E-state index in [4.69, 9.17) is 0 Å². The molecule has 1 aromatic carbocycles. The van der Waals surface area contributed by atoms with Crippen LogP contribution in [0.2, 0.25) is 0 Å². The van der Waals surface area contributed by atoms with Crippen molar-refractivity contribution in [2.75, 3.05) is 28.6 Å². The monoisotopic (exact) mass is 338 g/mol. The molecular formula is C20H26N4O. The zero-order valence-corrected chi connectivity index (χ0v) is 15.0. The van der Waals surface area contributed by atoms with Gasteiger partial charge >= 0.3 is 0 Å². The highest BCUT2D eigenvalue weighted by Crippen LogP contribution is 2.27. The Labute approximate surface area is 149 Å². The molecule has 5 nitrogen and oxygen atoms in total. The van der Waals surface area contributed by atoms with Crippen LogP contribution in [-0.2, 0) is 4.79 Å². The van der Waals surface area contributed by atoms with Gasteiger partial charge in [-0.1, -0.05) is 6.42 Å². The van der Waals surface area contributed by atoms with Crippen molar-refractivity contribution in [2.45, 2.75) is 33.1 Å². The molecule has 1 fully saturated rings. The van der Waals surface area contributed by atoms with E-state index in [2.05, 4.69) is 58.6 Å². The molecule has 5 heteroatoms. The van der Waals surface area contributed by atoms with Crippen LogP contribution >= 0.6 is 0 Å². The van der Waals surface area contributed by atoms with E-state index in [1.54, 1.807) is 6.20 Å². The maximum absolute atomic E-state index is 11.9. The van der Waals surface area contributed by atoms with Gasteiger partial charge in [0.25, 0.3) is 0 Å². The van der Waals surface area contributed by atoms with E-state index >= 15 is 0 Å². The largest absolute Gasteiger partial charge is 0.372 e. The number of nitrogens with one attached hydrogen (secondary N) is 2. The normalized spacial score (nSPS) is 13.8. The number of amides is 1. The molecule has 2 aromatic rings. The van der Waals surface area contributed by atoms with Gasteiger partial charge < -0.3 is 15.5 Å². The second-order valence-corrected chi connectivity index (χ2v) is 6.39. The molecule has 0 spiro atoms. The van der Waals surface area contributed by atoms with Crippen LogP contribution in [0.25, 0.3) is 0 Å². The topological polar surface area (TPSA) is 57.3 Å². The maximum atomic E-state index is 11.9. The second kappa shape index (κ2) is 8.01. The van der Waals surface area contributed by atoms with Crippen LogP contribution in [0.1, 0.15) is 33.1 Å². The first kappa shape index (κ1) is 17.3. The summed E-state index contributed by atoms with van der Waals surface area (Å²) in [6, 6.07) is 12.1. The van der Waals surface area contributed by atoms with Crippen LogP contribution in [0.5, 0.6) is 0 Å². The molecule has 1 aliphatic rings. The lowest BCUT2D eigenvalue weighted by Crippen LogP contribution is -2.28. The quantitative estimate of drug-likeness (QED) is 0.785. The van der Waals surface area contributed by atoms with E-state index in [-0.39, 0.29) is 11.8 Å². The first-order valence-electron chi connectivity index (χ1n) is 9.08. The highest BCUT2D eigenvalue weighted by Gasteiger charge is 2.25. The number of hydrogen-bond acceptors (Lipinski definition) is 4. The number of carbonyl (C=O) groups is 1. The summed E-state index contributed by atoms with van der Waals surface area (Å²) in [5.41, 5.74) is 3.14. The van der Waals surface area contributed by atoms with Crippen LogP contribution in [0.3, 0.4) is 0 Å². The zero-order valence-electron chi connectivity index (χ0n) is 15.0. The van der Waals surface area contributed by atoms with Crippen molar-refractivity contribution in [3.63, 3.8) is 0 Å². The number of aromatic nitrogens is 1. The van der Waals surface area contributed by atoms with Gasteiger partial charge in [0, 0.05) is 30.4 Å². The molecule has 0 aliphatic heterocycles. The van der Waals surface area contributed by atoms with Crippen molar-refractivity contribution in [1.82, 2.24) is 4.98 Å². The Morgan fingerprint density at radius 3 is 2.28 bits per heavy atom. The minimum atomic E-state index is 0.0893. The van der Waals surface area contributed by atoms with Crippen molar-refractivity contribution < 1.29 is 4.79 Å². The Morgan fingerprint density at radius 1 is 1.08 bits per heavy atom. The Bertz CT molecular complexity index is 689. The van der Waals surface area contributed by atoms with Gasteiger partial charge in [-0.25, -0.2) is 4.98 Å². The Kier molecular flexibility index (Phi) is 5.53. The molecular weight excluding hydrogens is 312 g/mol. The van der Waals surface area contributed by atoms with Crippen molar-refractivity contribution in [3.05, 3.63) is 42.6 Å². The average Bonchev–Trinajstić information content (AvgIpc) is 2.57. The predicted octanol–water partition coefficient (Wildman–Crippen LogP) is 4.41. The van der Waals surface area contributed by atoms with E-state index in [1.807, 2.05) is 12.1 Å². The molecule has 1 aromatic heterocycles. The number of nitrogens with zero attached hydrogens (tertiary/aromatic N) is 2. The molecule has 25 heavy (non-hydrogen) atoms. The van der Waals surface area contributed by atoms with Gasteiger partial charge in [-0.2, -0.15) is 0 Å². The fraction of sp³-hybridized carbons (Fsp3) is 0.400. The highest BCUT2D eigenvalue weighted by atomic mass is 16.2. The molecule has 0 saturated heterocycles. The molecule has 0 atom stereocenters. The number of anilines is 4. The highest BCUT2D eigenvalue weighted by molar-refractivity contribution is 5.92. The fourth-order valence-corrected chi connectivity index (χ4v) is 2.95. The third-order valence-electron chi connectivity index (χ3n) is 4.78. The van der Waals surface area contributed by atoms with Gasteiger partial charge in [0.2, 0.25) is 5.91 Å². The number of hydrogen-bond donors (Lipinski definition) is 2. The summed E-state index contributed by atoms with van der Waals surface area (Å²) in [5.74, 6) is 0.870. The van der Waals surface area contributed by atoms with Gasteiger partial charge in [0.15, 0.2) is 0 Å². The summed E-state index contributed by atoms with van der Waals surface area (Å²) in [4.78, 5) is 18.6. The van der Waals surface area contributed by atoms with Gasteiger partial charge in [-0.3, -0.25) is 4.79 Å². The SMILES string of the molecule is CCN(CC)c1ccc(Nc2ccc(NC(=O)C3CCC3)nc2)cc1. The number of benzene rings is 1. The standard InChI is InChI=1S/C20H26N4O/c1-3-24(4-2)18-11-8-16(9-12-18)22-17-10-13-19(21-14-17)23-20(25)15-6-5-7-15/h8-15,22H,3-7H2,1-2H3,(H,21,23,25). The van der Waals surface area contributed by atoms with Crippen LogP contribution in [0.4, 0.5) is 22.9 Å². The molecule has 1 saturated carbocycles. The molecule has 1 aliphatic carbocycles. The summed E-state index contributed by atoms with van der Waals surface area (Å²) in [6.07, 6.45) is 4.89. The van der Waals surface area contributed by atoms with E-state index in [0.29, 0.717) is 5.82 Å². The molecule has 2 N–H and O–H groups in total. The van der Waals surface area contributed by atoms with Gasteiger partial charge in [0.1, 0.15) is 5.82 Å². The summed E-state index contributed by atoms with van der Waals surface area (Å²) in [5, 5.41) is 6.22. The summed E-state index contributed by atoms with van der Waals surface area (Å²) in [6.45, 7) is 6.32. The van der Waals surface area contributed by atoms with Crippen molar-refractivity contribution >= 4 is 28.8 Å². The number of carbonyl (C=O) groups excluding carboxylic acids is 1. The van der Waals surface area contributed by atoms with E-state index < -0.39 is 0 Å². The van der Waals surface area contributed by atoms with Crippen LogP contribution < -0.4 is 15.5 Å². The van der Waals surface area contributed by atoms with Crippen molar-refractivity contribution in [2.24, 2.45) is 5.92 Å². The molecule has 132 valence electrons. The van der Waals surface area contributed by atoms with Gasteiger partial charge in [0.05, 0.1) is 11.9 Å². The Balaban J connectivity index is 1.58. The predicted molar refractivity (Wildman–Crippen MR) is 103 cm³/mol. The van der Waals surface area contributed by atoms with Crippen LogP contribution in [-0.4, -0.2) is 24.0 Å². The summed E-state index contributed by atoms with van der Waals surface area (Å²) >= 11 is 0. The average molecular weight is 338 g/mol. The Hall–Kier alpha value is -2.56. The fourth-order valence-electron chi connectivity index (χ4n) is 2.95. The van der Waals surface area contributed by atoms with Gasteiger partial charge in [-0.15, -0.1) is 0 Å². The van der Waals surface area contributed by atoms with E-state index in [0.717, 1.165) is 43.7 Å². The molecule has 3 rings (SSSR count). The molecule has 0 radical (unpaired) electrons. The second-order valence-electron chi connectivity index (χ2n) is 6.39. The minimum Gasteiger partial charge on any atom is -0.372 e. The third kappa shape index (κ3) is 4.29. The molecule has 0 unspecified atom stereocenters. The lowest BCUT2D eigenvalue weighted by atomic mass is 9.85. The molecule has 1 heterocycles. The molecule has 0 bridgehead atoms. The summed E-state index contributed by atoms with van der Waals surface area (Å²) in [7, 11) is 0. The lowest BCUT2D eigenvalue weighted by Gasteiger charge is -2.23. The van der Waals surface area contributed by atoms with Crippen molar-refractivity contribution in [3.8, 4) is 0 Å². The number of pyridine rings is 1. The Morgan fingerprint density at radius 2 is 1.76 bits per heavy atom. The first-order chi connectivity index (χ1) is 12.2. The molecule has 1 amide bonds. The summed E-state index contributed by atoms with van der Waals surface area (Å²) < 4.78 is 0. The zero-order chi connectivity index (χ0) is 17.6. The third-order valence-corrected chi connectivity index (χ3v) is 4.78. The van der Waals surface area contributed by atoms with Crippen LogP contribution in [0.15, 0.2) is 42.6 Å². The lowest BCUT2D eigenvalue weighted by molar-refractivity contribution is -0.122. The van der Waals surface area contributed by atoms with Crippen LogP contribution in [0, 0.1) is 5.92 Å². The van der Waals surface area contributed by atoms with Gasteiger partial charge in [-0.05, 0) is 63.1 Å². The minimum absolute atomic E-state index is 0.0893. The smallest absolute Gasteiger partial charge is 0.228 e.